The first-order valence-electron chi connectivity index (χ1n) is 5.43. The number of aromatic nitrogens is 1. The van der Waals surface area contributed by atoms with Crippen molar-refractivity contribution in [1.82, 2.24) is 4.98 Å². The molecule has 17 heavy (non-hydrogen) atoms. The minimum atomic E-state index is -3.09. The smallest absolute Gasteiger partial charge is 0.156 e. The SMILES string of the molecule is CCCS(=O)(=O)Cc1nc(CC)c(C(=N)N)s1. The predicted molar refractivity (Wildman–Crippen MR) is 70.3 cm³/mol. The zero-order valence-corrected chi connectivity index (χ0v) is 11.6. The van der Waals surface area contributed by atoms with Crippen LogP contribution in [0.3, 0.4) is 0 Å². The lowest BCUT2D eigenvalue weighted by Gasteiger charge is -1.98. The topological polar surface area (TPSA) is 96.9 Å². The number of hydrogen-bond donors (Lipinski definition) is 2. The molecule has 0 aromatic carbocycles. The molecule has 0 radical (unpaired) electrons. The van der Waals surface area contributed by atoms with E-state index in [1.54, 1.807) is 0 Å². The zero-order valence-electron chi connectivity index (χ0n) is 9.99. The lowest BCUT2D eigenvalue weighted by Crippen LogP contribution is -2.11. The van der Waals surface area contributed by atoms with Crippen LogP contribution in [0.1, 0.15) is 35.8 Å². The summed E-state index contributed by atoms with van der Waals surface area (Å²) in [5.74, 6) is 0.0772. The lowest BCUT2D eigenvalue weighted by atomic mass is 10.3. The van der Waals surface area contributed by atoms with Crippen LogP contribution < -0.4 is 5.73 Å². The summed E-state index contributed by atoms with van der Waals surface area (Å²) < 4.78 is 23.3. The van der Waals surface area contributed by atoms with Crippen LogP contribution in [-0.2, 0) is 22.0 Å². The van der Waals surface area contributed by atoms with Gasteiger partial charge in [-0.05, 0) is 12.8 Å². The number of thiazole rings is 1. The average Bonchev–Trinajstić information content (AvgIpc) is 2.59. The summed E-state index contributed by atoms with van der Waals surface area (Å²) in [6, 6.07) is 0. The molecule has 0 saturated heterocycles. The van der Waals surface area contributed by atoms with Crippen LogP contribution in [0, 0.1) is 5.41 Å². The molecule has 1 aromatic rings. The number of nitrogen functional groups attached to an aromatic ring is 1. The third-order valence-corrected chi connectivity index (χ3v) is 5.24. The minimum absolute atomic E-state index is 0.0431. The highest BCUT2D eigenvalue weighted by molar-refractivity contribution is 7.90. The highest BCUT2D eigenvalue weighted by atomic mass is 32.2. The van der Waals surface area contributed by atoms with E-state index < -0.39 is 9.84 Å². The number of nitrogens with zero attached hydrogens (tertiary/aromatic N) is 1. The molecule has 0 aliphatic carbocycles. The fourth-order valence-electron chi connectivity index (χ4n) is 1.48. The Labute approximate surface area is 105 Å². The van der Waals surface area contributed by atoms with Gasteiger partial charge in [-0.2, -0.15) is 0 Å². The first-order valence-corrected chi connectivity index (χ1v) is 8.06. The van der Waals surface area contributed by atoms with Crippen molar-refractivity contribution < 1.29 is 8.42 Å². The second kappa shape index (κ2) is 5.59. The number of amidine groups is 1. The molecule has 1 aromatic heterocycles. The maximum Gasteiger partial charge on any atom is 0.156 e. The predicted octanol–water partition coefficient (Wildman–Crippen LogP) is 1.31. The fourth-order valence-corrected chi connectivity index (χ4v) is 4.27. The van der Waals surface area contributed by atoms with Crippen LogP contribution in [0.4, 0.5) is 0 Å². The summed E-state index contributed by atoms with van der Waals surface area (Å²) in [5, 5.41) is 7.93. The van der Waals surface area contributed by atoms with Crippen LogP contribution in [-0.4, -0.2) is 25.0 Å². The number of nitrogens with one attached hydrogen (secondary N) is 1. The quantitative estimate of drug-likeness (QED) is 0.604. The van der Waals surface area contributed by atoms with Gasteiger partial charge in [0.05, 0.1) is 16.3 Å². The number of rotatable bonds is 6. The molecule has 0 aliphatic rings. The Kier molecular flexibility index (Phi) is 4.64. The van der Waals surface area contributed by atoms with Crippen LogP contribution in [0.15, 0.2) is 0 Å². The second-order valence-electron chi connectivity index (χ2n) is 3.74. The molecule has 0 spiro atoms. The average molecular weight is 275 g/mol. The third-order valence-electron chi connectivity index (χ3n) is 2.18. The van der Waals surface area contributed by atoms with Gasteiger partial charge >= 0.3 is 0 Å². The summed E-state index contributed by atoms with van der Waals surface area (Å²) in [6.07, 6.45) is 1.26. The van der Waals surface area contributed by atoms with Crippen molar-refractivity contribution in [3.05, 3.63) is 15.6 Å². The van der Waals surface area contributed by atoms with Crippen molar-refractivity contribution in [2.45, 2.75) is 32.4 Å². The van der Waals surface area contributed by atoms with Gasteiger partial charge < -0.3 is 5.73 Å². The molecule has 0 saturated carbocycles. The monoisotopic (exact) mass is 275 g/mol. The molecule has 0 unspecified atom stereocenters. The Morgan fingerprint density at radius 2 is 2.12 bits per heavy atom. The van der Waals surface area contributed by atoms with Gasteiger partial charge in [-0.25, -0.2) is 13.4 Å². The molecule has 0 bridgehead atoms. The molecule has 5 nitrogen and oxygen atoms in total. The van der Waals surface area contributed by atoms with Gasteiger partial charge in [0, 0.05) is 0 Å². The van der Waals surface area contributed by atoms with Crippen molar-refractivity contribution >= 4 is 27.0 Å². The Bertz CT molecular complexity index is 506. The van der Waals surface area contributed by atoms with Crippen molar-refractivity contribution in [2.75, 3.05) is 5.75 Å². The van der Waals surface area contributed by atoms with Crippen LogP contribution in [0.25, 0.3) is 0 Å². The maximum atomic E-state index is 11.7. The van der Waals surface area contributed by atoms with E-state index >= 15 is 0 Å². The fraction of sp³-hybridized carbons (Fsp3) is 0.600. The van der Waals surface area contributed by atoms with Crippen molar-refractivity contribution in [3.63, 3.8) is 0 Å². The molecular formula is C10H17N3O2S2. The van der Waals surface area contributed by atoms with E-state index in [1.807, 2.05) is 13.8 Å². The van der Waals surface area contributed by atoms with E-state index in [0.29, 0.717) is 28.4 Å². The molecule has 0 fully saturated rings. The summed E-state index contributed by atoms with van der Waals surface area (Å²) >= 11 is 1.21. The van der Waals surface area contributed by atoms with Crippen molar-refractivity contribution in [1.29, 1.82) is 5.41 Å². The molecule has 7 heteroatoms. The third kappa shape index (κ3) is 3.78. The first-order chi connectivity index (χ1) is 7.89. The van der Waals surface area contributed by atoms with E-state index in [-0.39, 0.29) is 17.3 Å². The van der Waals surface area contributed by atoms with Gasteiger partial charge in [0.15, 0.2) is 9.84 Å². The molecule has 0 aliphatic heterocycles. The first kappa shape index (κ1) is 14.1. The van der Waals surface area contributed by atoms with Crippen LogP contribution in [0.5, 0.6) is 0 Å². The van der Waals surface area contributed by atoms with E-state index in [9.17, 15) is 8.42 Å². The molecule has 1 heterocycles. The van der Waals surface area contributed by atoms with Gasteiger partial charge in [-0.1, -0.05) is 13.8 Å². The molecule has 3 N–H and O–H groups in total. The number of hydrogen-bond acceptors (Lipinski definition) is 5. The number of nitrogens with two attached hydrogens (primary N) is 1. The molecule has 0 amide bonds. The Morgan fingerprint density at radius 1 is 1.47 bits per heavy atom. The van der Waals surface area contributed by atoms with E-state index in [1.165, 1.54) is 11.3 Å². The van der Waals surface area contributed by atoms with Crippen molar-refractivity contribution in [2.24, 2.45) is 5.73 Å². The summed E-state index contributed by atoms with van der Waals surface area (Å²) in [7, 11) is -3.09. The number of aryl methyl sites for hydroxylation is 1. The highest BCUT2D eigenvalue weighted by Gasteiger charge is 2.17. The van der Waals surface area contributed by atoms with E-state index in [0.717, 1.165) is 0 Å². The maximum absolute atomic E-state index is 11.7. The summed E-state index contributed by atoms with van der Waals surface area (Å²) in [4.78, 5) is 4.83. The largest absolute Gasteiger partial charge is 0.383 e. The number of sulfone groups is 1. The summed E-state index contributed by atoms with van der Waals surface area (Å²) in [5.41, 5.74) is 6.14. The Morgan fingerprint density at radius 3 is 2.53 bits per heavy atom. The van der Waals surface area contributed by atoms with E-state index in [4.69, 9.17) is 11.1 Å². The van der Waals surface area contributed by atoms with Gasteiger partial charge in [0.2, 0.25) is 0 Å². The van der Waals surface area contributed by atoms with Gasteiger partial charge in [-0.3, -0.25) is 5.41 Å². The van der Waals surface area contributed by atoms with Crippen LogP contribution in [0.2, 0.25) is 0 Å². The standard InChI is InChI=1S/C10H17N3O2S2/c1-3-5-17(14,15)6-8-13-7(4-2)9(16-8)10(11)12/h3-6H2,1-2H3,(H3,11,12). The molecule has 0 atom stereocenters. The lowest BCUT2D eigenvalue weighted by molar-refractivity contribution is 0.593. The zero-order chi connectivity index (χ0) is 13.1. The van der Waals surface area contributed by atoms with Gasteiger partial charge in [-0.15, -0.1) is 11.3 Å². The van der Waals surface area contributed by atoms with E-state index in [2.05, 4.69) is 4.98 Å². The molecule has 96 valence electrons. The van der Waals surface area contributed by atoms with Gasteiger partial charge in [0.25, 0.3) is 0 Å². The second-order valence-corrected chi connectivity index (χ2v) is 7.01. The van der Waals surface area contributed by atoms with Crippen molar-refractivity contribution in [3.8, 4) is 0 Å². The molecule has 1 rings (SSSR count). The van der Waals surface area contributed by atoms with Gasteiger partial charge in [0.1, 0.15) is 16.6 Å². The Hall–Kier alpha value is -0.950. The highest BCUT2D eigenvalue weighted by Crippen LogP contribution is 2.21. The summed E-state index contributed by atoms with van der Waals surface area (Å²) in [6.45, 7) is 3.74. The Balaban J connectivity index is 2.98. The normalized spacial score (nSPS) is 11.6. The van der Waals surface area contributed by atoms with Crippen LogP contribution >= 0.6 is 11.3 Å². The minimum Gasteiger partial charge on any atom is -0.383 e. The molecular weight excluding hydrogens is 258 g/mol.